The third-order valence-corrected chi connectivity index (χ3v) is 12.4. The molecule has 4 aromatic heterocycles. The number of nitrogens with zero attached hydrogens (tertiary/aromatic N) is 5. The SMILES string of the molecule is c1ccc(-c2ccc(-c3nc(-c4cccc(-n5c6ccccc6c6cc7c8ccccc8n(-c8ccccc8)c7cc65)c4)nc(-c4ccc5c(c4)oc4ccccc45)n3)cc2)cc1. The highest BCUT2D eigenvalue weighted by Gasteiger charge is 2.20. The summed E-state index contributed by atoms with van der Waals surface area (Å²) in [6.45, 7) is 0. The first-order chi connectivity index (χ1) is 31.2. The van der Waals surface area contributed by atoms with E-state index in [9.17, 15) is 0 Å². The van der Waals surface area contributed by atoms with Gasteiger partial charge in [0.05, 0.1) is 22.1 Å². The summed E-state index contributed by atoms with van der Waals surface area (Å²) in [5.41, 5.74) is 13.3. The van der Waals surface area contributed by atoms with Gasteiger partial charge in [-0.15, -0.1) is 0 Å². The first kappa shape index (κ1) is 35.2. The number of rotatable bonds is 6. The van der Waals surface area contributed by atoms with Crippen LogP contribution < -0.4 is 0 Å². The number of para-hydroxylation sites is 4. The molecular formula is C57H35N5O. The minimum absolute atomic E-state index is 0.572. The van der Waals surface area contributed by atoms with Crippen molar-refractivity contribution >= 4 is 65.6 Å². The molecule has 0 N–H and O–H groups in total. The molecule has 9 aromatic carbocycles. The summed E-state index contributed by atoms with van der Waals surface area (Å²) in [7, 11) is 0. The summed E-state index contributed by atoms with van der Waals surface area (Å²) >= 11 is 0. The van der Waals surface area contributed by atoms with Crippen molar-refractivity contribution in [3.63, 3.8) is 0 Å². The van der Waals surface area contributed by atoms with Crippen molar-refractivity contribution in [1.29, 1.82) is 0 Å². The molecule has 13 aromatic rings. The predicted octanol–water partition coefficient (Wildman–Crippen LogP) is 14.6. The Morgan fingerprint density at radius 1 is 0.270 bits per heavy atom. The molecule has 6 nitrogen and oxygen atoms in total. The highest BCUT2D eigenvalue weighted by atomic mass is 16.3. The molecule has 0 spiro atoms. The van der Waals surface area contributed by atoms with Crippen molar-refractivity contribution in [3.05, 3.63) is 212 Å². The Labute approximate surface area is 361 Å². The van der Waals surface area contributed by atoms with Crippen LogP contribution in [0.25, 0.3) is 122 Å². The Morgan fingerprint density at radius 3 is 1.44 bits per heavy atom. The normalized spacial score (nSPS) is 11.8. The van der Waals surface area contributed by atoms with Crippen LogP contribution in [-0.2, 0) is 0 Å². The second-order valence-corrected chi connectivity index (χ2v) is 16.0. The number of benzene rings is 9. The van der Waals surface area contributed by atoms with Crippen LogP contribution in [0.3, 0.4) is 0 Å². The maximum Gasteiger partial charge on any atom is 0.164 e. The van der Waals surface area contributed by atoms with E-state index in [0.29, 0.717) is 17.5 Å². The second-order valence-electron chi connectivity index (χ2n) is 16.0. The van der Waals surface area contributed by atoms with Gasteiger partial charge in [-0.05, 0) is 77.9 Å². The van der Waals surface area contributed by atoms with E-state index in [-0.39, 0.29) is 0 Å². The minimum atomic E-state index is 0.572. The summed E-state index contributed by atoms with van der Waals surface area (Å²) in [6.07, 6.45) is 0. The molecule has 294 valence electrons. The van der Waals surface area contributed by atoms with Crippen LogP contribution in [0.4, 0.5) is 0 Å². The van der Waals surface area contributed by atoms with Crippen LogP contribution >= 0.6 is 0 Å². The molecule has 0 atom stereocenters. The third kappa shape index (κ3) is 5.69. The first-order valence-electron chi connectivity index (χ1n) is 21.2. The van der Waals surface area contributed by atoms with E-state index in [1.54, 1.807) is 0 Å². The van der Waals surface area contributed by atoms with Gasteiger partial charge < -0.3 is 13.6 Å². The molecule has 6 heteroatoms. The van der Waals surface area contributed by atoms with E-state index < -0.39 is 0 Å². The molecule has 0 unspecified atom stereocenters. The van der Waals surface area contributed by atoms with Crippen molar-refractivity contribution < 1.29 is 4.42 Å². The number of hydrogen-bond acceptors (Lipinski definition) is 4. The molecule has 0 radical (unpaired) electrons. The van der Waals surface area contributed by atoms with E-state index in [0.717, 1.165) is 77.7 Å². The fourth-order valence-electron chi connectivity index (χ4n) is 9.42. The van der Waals surface area contributed by atoms with E-state index in [4.69, 9.17) is 19.4 Å². The van der Waals surface area contributed by atoms with Gasteiger partial charge in [0, 0.05) is 60.4 Å². The molecule has 0 fully saturated rings. The summed E-state index contributed by atoms with van der Waals surface area (Å²) in [4.78, 5) is 15.5. The summed E-state index contributed by atoms with van der Waals surface area (Å²) in [5.74, 6) is 1.75. The number of fused-ring (bicyclic) bond motifs is 9. The molecule has 0 saturated heterocycles. The predicted molar refractivity (Wildman–Crippen MR) is 258 cm³/mol. The smallest absolute Gasteiger partial charge is 0.164 e. The lowest BCUT2D eigenvalue weighted by Crippen LogP contribution is -2.01. The Bertz CT molecular complexity index is 3900. The minimum Gasteiger partial charge on any atom is -0.456 e. The molecule has 0 aliphatic carbocycles. The topological polar surface area (TPSA) is 61.7 Å². The quantitative estimate of drug-likeness (QED) is 0.168. The van der Waals surface area contributed by atoms with Gasteiger partial charge in [0.25, 0.3) is 0 Å². The highest BCUT2D eigenvalue weighted by molar-refractivity contribution is 6.19. The Hall–Kier alpha value is -8.61. The molecule has 4 heterocycles. The van der Waals surface area contributed by atoms with Gasteiger partial charge in [-0.2, -0.15) is 0 Å². The Morgan fingerprint density at radius 2 is 0.746 bits per heavy atom. The number of furan rings is 1. The van der Waals surface area contributed by atoms with Gasteiger partial charge in [0.1, 0.15) is 11.2 Å². The molecule has 0 aliphatic heterocycles. The Kier molecular flexibility index (Phi) is 7.80. The first-order valence-corrected chi connectivity index (χ1v) is 21.2. The van der Waals surface area contributed by atoms with Crippen LogP contribution in [0, 0.1) is 0 Å². The molecule has 0 bridgehead atoms. The van der Waals surface area contributed by atoms with E-state index in [1.165, 1.54) is 27.1 Å². The second kappa shape index (κ2) is 14.0. The van der Waals surface area contributed by atoms with Gasteiger partial charge in [0.15, 0.2) is 17.5 Å². The molecule has 63 heavy (non-hydrogen) atoms. The standard InChI is InChI=1S/C57H35N5O/c1-3-14-36(15-4-1)37-26-28-38(29-27-37)55-58-56(60-57(59-55)40-30-31-46-45-22-9-12-25-53(45)63-54(46)33-40)39-16-13-19-42(32-39)62-50-24-11-8-21-44(50)48-34-47-43-20-7-10-23-49(43)61(51(47)35-52(48)62)41-17-5-2-6-18-41/h1-35H. The fraction of sp³-hybridized carbons (Fsp3) is 0. The van der Waals surface area contributed by atoms with Crippen LogP contribution in [0.15, 0.2) is 217 Å². The number of aromatic nitrogens is 5. The molecule has 0 saturated carbocycles. The van der Waals surface area contributed by atoms with Gasteiger partial charge in [-0.1, -0.05) is 146 Å². The van der Waals surface area contributed by atoms with E-state index in [1.807, 2.05) is 30.3 Å². The molecular weight excluding hydrogens is 771 g/mol. The average Bonchev–Trinajstić information content (AvgIpc) is 4.00. The lowest BCUT2D eigenvalue weighted by molar-refractivity contribution is 0.669. The van der Waals surface area contributed by atoms with Crippen LogP contribution in [0.2, 0.25) is 0 Å². The zero-order chi connectivity index (χ0) is 41.4. The van der Waals surface area contributed by atoms with Gasteiger partial charge in [-0.25, -0.2) is 15.0 Å². The average molecular weight is 806 g/mol. The van der Waals surface area contributed by atoms with Gasteiger partial charge in [-0.3, -0.25) is 0 Å². The van der Waals surface area contributed by atoms with Gasteiger partial charge in [0.2, 0.25) is 0 Å². The van der Waals surface area contributed by atoms with Crippen molar-refractivity contribution in [2.75, 3.05) is 0 Å². The van der Waals surface area contributed by atoms with Crippen LogP contribution in [-0.4, -0.2) is 24.1 Å². The zero-order valence-corrected chi connectivity index (χ0v) is 33.9. The number of hydrogen-bond donors (Lipinski definition) is 0. The van der Waals surface area contributed by atoms with Crippen LogP contribution in [0.5, 0.6) is 0 Å². The molecule has 13 rings (SSSR count). The highest BCUT2D eigenvalue weighted by Crippen LogP contribution is 2.40. The zero-order valence-electron chi connectivity index (χ0n) is 33.9. The van der Waals surface area contributed by atoms with Crippen molar-refractivity contribution in [2.24, 2.45) is 0 Å². The van der Waals surface area contributed by atoms with Gasteiger partial charge >= 0.3 is 0 Å². The Balaban J connectivity index is 1.00. The van der Waals surface area contributed by atoms with E-state index >= 15 is 0 Å². The maximum absolute atomic E-state index is 6.33. The largest absolute Gasteiger partial charge is 0.456 e. The summed E-state index contributed by atoms with van der Waals surface area (Å²) in [6, 6.07) is 74.5. The summed E-state index contributed by atoms with van der Waals surface area (Å²) in [5, 5.41) is 6.98. The lowest BCUT2D eigenvalue weighted by atomic mass is 10.0. The van der Waals surface area contributed by atoms with Crippen LogP contribution in [0.1, 0.15) is 0 Å². The van der Waals surface area contributed by atoms with Crippen molar-refractivity contribution in [3.8, 4) is 56.7 Å². The molecule has 0 amide bonds. The fourth-order valence-corrected chi connectivity index (χ4v) is 9.42. The lowest BCUT2D eigenvalue weighted by Gasteiger charge is -2.12. The monoisotopic (exact) mass is 805 g/mol. The molecule has 0 aliphatic rings. The maximum atomic E-state index is 6.33. The van der Waals surface area contributed by atoms with Crippen molar-refractivity contribution in [1.82, 2.24) is 24.1 Å². The van der Waals surface area contributed by atoms with E-state index in [2.05, 4.69) is 191 Å². The van der Waals surface area contributed by atoms with Crippen molar-refractivity contribution in [2.45, 2.75) is 0 Å². The third-order valence-electron chi connectivity index (χ3n) is 12.4. The summed E-state index contributed by atoms with van der Waals surface area (Å²) < 4.78 is 11.1.